The summed E-state index contributed by atoms with van der Waals surface area (Å²) in [6, 6.07) is 0. The first-order valence-electron chi connectivity index (χ1n) is 12.4. The van der Waals surface area contributed by atoms with Gasteiger partial charge in [-0.25, -0.2) is 0 Å². The zero-order valence-corrected chi connectivity index (χ0v) is 20.7. The van der Waals surface area contributed by atoms with Crippen LogP contribution in [-0.2, 0) is 0 Å². The Labute approximate surface area is 173 Å². The van der Waals surface area contributed by atoms with E-state index in [2.05, 4.69) is 90.0 Å². The Balaban J connectivity index is 1.55. The maximum atomic E-state index is 2.82. The lowest BCUT2D eigenvalue weighted by atomic mass is 8.68. The third-order valence-electron chi connectivity index (χ3n) is 19.0. The highest BCUT2D eigenvalue weighted by Gasteiger charge is 3.34. The lowest BCUT2D eigenvalue weighted by Crippen LogP contribution is -3.32. The Bertz CT molecular complexity index is 947. The fraction of sp³-hybridized carbons (Fsp3) is 1.00. The van der Waals surface area contributed by atoms with Crippen molar-refractivity contribution in [1.82, 2.24) is 0 Å². The summed E-state index contributed by atoms with van der Waals surface area (Å²) in [5.74, 6) is 2.86. The zero-order valence-electron chi connectivity index (χ0n) is 20.7. The standard InChI is InChI=1S/C28H42/c1-14-16-15(2)20(8)25(13)23(11)18(5,6)21(9)17(3,4)22(10)24(12)19(14,7)26(16,20)28(24,25)27(21,22)23/h14-16H,1-13H3. The second kappa shape index (κ2) is 2.78. The van der Waals surface area contributed by atoms with Crippen molar-refractivity contribution in [3.63, 3.8) is 0 Å². The minimum absolute atomic E-state index is 0.432. The monoisotopic (exact) mass is 378 g/mol. The maximum Gasteiger partial charge on any atom is -0.00238 e. The second-order valence-corrected chi connectivity index (χ2v) is 15.7. The number of rotatable bonds is 0. The topological polar surface area (TPSA) is 0 Å². The molecule has 0 N–H and O–H groups in total. The van der Waals surface area contributed by atoms with Crippen LogP contribution >= 0.6 is 0 Å². The van der Waals surface area contributed by atoms with Crippen LogP contribution in [0.3, 0.4) is 0 Å². The lowest BCUT2D eigenvalue weighted by molar-refractivity contribution is -0.896. The van der Waals surface area contributed by atoms with Crippen LogP contribution in [0.25, 0.3) is 0 Å². The second-order valence-electron chi connectivity index (χ2n) is 15.7. The lowest BCUT2D eigenvalue weighted by Gasteiger charge is -3.35. The Hall–Kier alpha value is 0. The normalized spacial score (nSPS) is 88.4. The predicted octanol–water partition coefficient (Wildman–Crippen LogP) is 7.04. The maximum absolute atomic E-state index is 2.82. The molecule has 8 unspecified atom stereocenters. The highest BCUT2D eigenvalue weighted by atomic mass is 15.4. The molecule has 28 heavy (non-hydrogen) atoms. The summed E-state index contributed by atoms with van der Waals surface area (Å²) in [4.78, 5) is 0. The molecule has 8 saturated carbocycles. The molecule has 0 aromatic carbocycles. The summed E-state index contributed by atoms with van der Waals surface area (Å²) in [6.07, 6.45) is 0. The molecule has 0 heteroatoms. The van der Waals surface area contributed by atoms with Crippen molar-refractivity contribution in [3.05, 3.63) is 0 Å². The third-order valence-corrected chi connectivity index (χ3v) is 19.0. The molecule has 0 aliphatic heterocycles. The molecule has 0 nitrogen and oxygen atoms in total. The molecule has 8 fully saturated rings. The fourth-order valence-electron chi connectivity index (χ4n) is 19.2. The van der Waals surface area contributed by atoms with Gasteiger partial charge in [0.05, 0.1) is 0 Å². The summed E-state index contributed by atoms with van der Waals surface area (Å²) in [6.45, 7) is 35.6. The average Bonchev–Trinajstić information content (AvgIpc) is 2.63. The van der Waals surface area contributed by atoms with Crippen LogP contribution < -0.4 is 0 Å². The third kappa shape index (κ3) is 0.507. The molecule has 0 aromatic rings. The Morgan fingerprint density at radius 1 is 0.429 bits per heavy atom. The molecule has 8 rings (SSSR count). The van der Waals surface area contributed by atoms with E-state index in [-0.39, 0.29) is 0 Å². The molecule has 0 radical (unpaired) electrons. The molecule has 0 bridgehead atoms. The summed E-state index contributed by atoms with van der Waals surface area (Å²) < 4.78 is 0. The van der Waals surface area contributed by atoms with Gasteiger partial charge in [-0.15, -0.1) is 0 Å². The molecule has 8 aliphatic rings. The van der Waals surface area contributed by atoms with Crippen molar-refractivity contribution in [3.8, 4) is 0 Å². The molecule has 154 valence electrons. The summed E-state index contributed by atoms with van der Waals surface area (Å²) in [5.41, 5.74) is 6.53. The van der Waals surface area contributed by atoms with Crippen LogP contribution in [0.4, 0.5) is 0 Å². The molecule has 8 atom stereocenters. The van der Waals surface area contributed by atoms with Gasteiger partial charge in [0, 0.05) is 0 Å². The first-order valence-corrected chi connectivity index (χ1v) is 12.4. The van der Waals surface area contributed by atoms with Gasteiger partial charge < -0.3 is 0 Å². The molecule has 0 aromatic heterocycles. The van der Waals surface area contributed by atoms with Gasteiger partial charge in [-0.1, -0.05) is 90.0 Å². The van der Waals surface area contributed by atoms with Crippen LogP contribution in [0.2, 0.25) is 0 Å². The van der Waals surface area contributed by atoms with Gasteiger partial charge in [-0.3, -0.25) is 0 Å². The highest BCUT2D eigenvalue weighted by molar-refractivity contribution is 5.79. The van der Waals surface area contributed by atoms with E-state index in [1.807, 2.05) is 0 Å². The van der Waals surface area contributed by atoms with Gasteiger partial charge >= 0.3 is 0 Å². The summed E-state index contributed by atoms with van der Waals surface area (Å²) >= 11 is 0. The molecule has 3 spiro atoms. The van der Waals surface area contributed by atoms with E-state index in [0.29, 0.717) is 65.0 Å². The minimum atomic E-state index is 0.432. The highest BCUT2D eigenvalue weighted by Crippen LogP contribution is 3.36. The van der Waals surface area contributed by atoms with Crippen molar-refractivity contribution in [2.45, 2.75) is 90.0 Å². The van der Waals surface area contributed by atoms with E-state index >= 15 is 0 Å². The first kappa shape index (κ1) is 16.7. The van der Waals surface area contributed by atoms with Crippen molar-refractivity contribution in [2.24, 2.45) is 82.7 Å². The van der Waals surface area contributed by atoms with Crippen LogP contribution in [0.15, 0.2) is 0 Å². The summed E-state index contributed by atoms with van der Waals surface area (Å²) in [5, 5.41) is 0. The van der Waals surface area contributed by atoms with E-state index in [1.54, 1.807) is 0 Å². The van der Waals surface area contributed by atoms with Crippen molar-refractivity contribution in [1.29, 1.82) is 0 Å². The largest absolute Gasteiger partial charge is 0.0616 e. The van der Waals surface area contributed by atoms with E-state index in [4.69, 9.17) is 0 Å². The Kier molecular flexibility index (Phi) is 1.66. The Morgan fingerprint density at radius 2 is 0.786 bits per heavy atom. The van der Waals surface area contributed by atoms with Gasteiger partial charge in [-0.05, 0) is 82.7 Å². The molecule has 0 amide bonds. The molecular weight excluding hydrogens is 336 g/mol. The number of fused-ring (bicyclic) bond motifs is 4. The zero-order chi connectivity index (χ0) is 20.7. The SMILES string of the molecule is CC1C2C(C)C3(C)C4(C)C5(C)C(C)(C)C6(C)C(C)(C)C7(C)C8(C)C1(C)C23C84C675. The Morgan fingerprint density at radius 3 is 1.14 bits per heavy atom. The molecular formula is C28H42. The summed E-state index contributed by atoms with van der Waals surface area (Å²) in [7, 11) is 0. The quantitative estimate of drug-likeness (QED) is 0.424. The molecule has 0 saturated heterocycles. The van der Waals surface area contributed by atoms with E-state index in [1.165, 1.54) is 0 Å². The van der Waals surface area contributed by atoms with Crippen LogP contribution in [0.5, 0.6) is 0 Å². The van der Waals surface area contributed by atoms with Gasteiger partial charge in [0.25, 0.3) is 0 Å². The number of hydrogen-bond acceptors (Lipinski definition) is 0. The first-order chi connectivity index (χ1) is 12.4. The fourth-order valence-corrected chi connectivity index (χ4v) is 19.2. The number of hydrogen-bond donors (Lipinski definition) is 0. The average molecular weight is 379 g/mol. The molecule has 8 aliphatic carbocycles. The van der Waals surface area contributed by atoms with Crippen molar-refractivity contribution < 1.29 is 0 Å². The van der Waals surface area contributed by atoms with E-state index < -0.39 is 0 Å². The van der Waals surface area contributed by atoms with Gasteiger partial charge in [0.1, 0.15) is 0 Å². The van der Waals surface area contributed by atoms with Gasteiger partial charge in [-0.2, -0.15) is 0 Å². The minimum Gasteiger partial charge on any atom is -0.0616 e. The smallest absolute Gasteiger partial charge is 0.00238 e. The van der Waals surface area contributed by atoms with Crippen LogP contribution in [-0.4, -0.2) is 0 Å². The van der Waals surface area contributed by atoms with Crippen molar-refractivity contribution in [2.75, 3.05) is 0 Å². The van der Waals surface area contributed by atoms with Crippen molar-refractivity contribution >= 4 is 0 Å². The molecule has 0 heterocycles. The van der Waals surface area contributed by atoms with E-state index in [9.17, 15) is 0 Å². The van der Waals surface area contributed by atoms with Gasteiger partial charge in [0.2, 0.25) is 0 Å². The van der Waals surface area contributed by atoms with Gasteiger partial charge in [0.15, 0.2) is 0 Å². The van der Waals surface area contributed by atoms with Crippen LogP contribution in [0.1, 0.15) is 90.0 Å². The predicted molar refractivity (Wildman–Crippen MR) is 113 cm³/mol. The van der Waals surface area contributed by atoms with Crippen LogP contribution in [0, 0.1) is 82.7 Å². The van der Waals surface area contributed by atoms with E-state index in [0.717, 1.165) is 17.8 Å².